The van der Waals surface area contributed by atoms with Crippen molar-refractivity contribution in [3.8, 4) is 0 Å². The summed E-state index contributed by atoms with van der Waals surface area (Å²) in [7, 11) is 1.34. The lowest BCUT2D eigenvalue weighted by Gasteiger charge is -2.36. The molecular weight excluding hydrogens is 304 g/mol. The third kappa shape index (κ3) is 3.50. The second kappa shape index (κ2) is 7.34. The molecule has 1 aliphatic heterocycles. The third-order valence-electron chi connectivity index (χ3n) is 4.51. The number of hydrogen-bond acceptors (Lipinski definition) is 4. The number of amides is 1. The van der Waals surface area contributed by atoms with Crippen LogP contribution in [0, 0.1) is 0 Å². The molecule has 0 unspecified atom stereocenters. The highest BCUT2D eigenvalue weighted by atomic mass is 16.5. The van der Waals surface area contributed by atoms with E-state index < -0.39 is 0 Å². The summed E-state index contributed by atoms with van der Waals surface area (Å²) in [4.78, 5) is 27.5. The number of methoxy groups -OCH3 is 1. The maximum absolute atomic E-state index is 12.2. The molecule has 2 aromatic carbocycles. The van der Waals surface area contributed by atoms with Gasteiger partial charge in [-0.1, -0.05) is 36.4 Å². The van der Waals surface area contributed by atoms with Gasteiger partial charge in [-0.15, -0.1) is 0 Å². The van der Waals surface area contributed by atoms with Crippen molar-refractivity contribution in [2.45, 2.75) is 12.8 Å². The van der Waals surface area contributed by atoms with E-state index in [-0.39, 0.29) is 24.7 Å². The molecule has 126 valence electrons. The number of benzene rings is 2. The first-order chi connectivity index (χ1) is 11.7. The Labute approximate surface area is 141 Å². The number of nitrogens with zero attached hydrogens (tertiary/aromatic N) is 2. The van der Waals surface area contributed by atoms with Crippen molar-refractivity contribution in [2.24, 2.45) is 0 Å². The van der Waals surface area contributed by atoms with Crippen LogP contribution in [0.4, 0.5) is 5.69 Å². The average molecular weight is 326 g/mol. The summed E-state index contributed by atoms with van der Waals surface area (Å²) in [6, 6.07) is 14.7. The van der Waals surface area contributed by atoms with Gasteiger partial charge in [-0.25, -0.2) is 0 Å². The van der Waals surface area contributed by atoms with Crippen molar-refractivity contribution in [3.63, 3.8) is 0 Å². The van der Waals surface area contributed by atoms with Gasteiger partial charge in [-0.3, -0.25) is 9.59 Å². The number of esters is 1. The highest BCUT2D eigenvalue weighted by Gasteiger charge is 2.22. The van der Waals surface area contributed by atoms with E-state index in [9.17, 15) is 9.59 Å². The number of carbonyl (C=O) groups is 2. The molecule has 0 radical (unpaired) electrons. The van der Waals surface area contributed by atoms with Gasteiger partial charge in [0.1, 0.15) is 0 Å². The molecule has 0 bridgehead atoms. The molecular formula is C19H22N2O3. The van der Waals surface area contributed by atoms with Crippen molar-refractivity contribution in [3.05, 3.63) is 42.5 Å². The highest BCUT2D eigenvalue weighted by Crippen LogP contribution is 2.27. The van der Waals surface area contributed by atoms with Crippen LogP contribution in [-0.4, -0.2) is 50.1 Å². The summed E-state index contributed by atoms with van der Waals surface area (Å²) < 4.78 is 4.59. The molecule has 1 aliphatic rings. The van der Waals surface area contributed by atoms with E-state index in [0.717, 1.165) is 13.1 Å². The normalized spacial score (nSPS) is 14.7. The first-order valence-electron chi connectivity index (χ1n) is 8.26. The molecule has 1 fully saturated rings. The Morgan fingerprint density at radius 2 is 1.67 bits per heavy atom. The number of carbonyl (C=O) groups excluding carboxylic acids is 2. The maximum Gasteiger partial charge on any atom is 0.306 e. The van der Waals surface area contributed by atoms with Crippen LogP contribution in [0.25, 0.3) is 10.8 Å². The molecule has 0 saturated carbocycles. The van der Waals surface area contributed by atoms with Gasteiger partial charge in [0, 0.05) is 43.7 Å². The first kappa shape index (κ1) is 16.3. The van der Waals surface area contributed by atoms with E-state index in [1.54, 1.807) is 0 Å². The summed E-state index contributed by atoms with van der Waals surface area (Å²) in [6.45, 7) is 2.97. The summed E-state index contributed by atoms with van der Waals surface area (Å²) in [5.74, 6) is -0.310. The minimum atomic E-state index is -0.335. The molecule has 24 heavy (non-hydrogen) atoms. The Morgan fingerprint density at radius 3 is 2.42 bits per heavy atom. The van der Waals surface area contributed by atoms with Crippen LogP contribution < -0.4 is 4.90 Å². The molecule has 2 aromatic rings. The molecule has 1 heterocycles. The SMILES string of the molecule is COC(=O)CCC(=O)N1CCN(c2cccc3ccccc23)CC1. The molecule has 0 aromatic heterocycles. The zero-order valence-electron chi connectivity index (χ0n) is 13.9. The summed E-state index contributed by atoms with van der Waals surface area (Å²) in [6.07, 6.45) is 0.375. The standard InChI is InChI=1S/C19H22N2O3/c1-24-19(23)10-9-18(22)21-13-11-20(12-14-21)17-8-4-6-15-5-2-3-7-16(15)17/h2-8H,9-14H2,1H3. The van der Waals surface area contributed by atoms with E-state index in [0.29, 0.717) is 13.1 Å². The van der Waals surface area contributed by atoms with Gasteiger partial charge in [0.2, 0.25) is 5.91 Å². The Bertz CT molecular complexity index is 731. The lowest BCUT2D eigenvalue weighted by molar-refractivity contribution is -0.143. The van der Waals surface area contributed by atoms with Crippen molar-refractivity contribution >= 4 is 28.3 Å². The van der Waals surface area contributed by atoms with Gasteiger partial charge in [-0.05, 0) is 11.5 Å². The average Bonchev–Trinajstić information content (AvgIpc) is 2.65. The van der Waals surface area contributed by atoms with E-state index in [1.165, 1.54) is 23.6 Å². The van der Waals surface area contributed by atoms with E-state index in [4.69, 9.17) is 0 Å². The van der Waals surface area contributed by atoms with Gasteiger partial charge in [-0.2, -0.15) is 0 Å². The Morgan fingerprint density at radius 1 is 0.958 bits per heavy atom. The fraction of sp³-hybridized carbons (Fsp3) is 0.368. The fourth-order valence-electron chi connectivity index (χ4n) is 3.15. The van der Waals surface area contributed by atoms with Crippen LogP contribution in [0.15, 0.2) is 42.5 Å². The van der Waals surface area contributed by atoms with Crippen LogP contribution in [0.1, 0.15) is 12.8 Å². The van der Waals surface area contributed by atoms with Gasteiger partial charge in [0.05, 0.1) is 13.5 Å². The molecule has 0 N–H and O–H groups in total. The largest absolute Gasteiger partial charge is 0.469 e. The monoisotopic (exact) mass is 326 g/mol. The van der Waals surface area contributed by atoms with E-state index >= 15 is 0 Å². The van der Waals surface area contributed by atoms with Gasteiger partial charge in [0.25, 0.3) is 0 Å². The van der Waals surface area contributed by atoms with E-state index in [2.05, 4.69) is 46.0 Å². The second-order valence-corrected chi connectivity index (χ2v) is 5.94. The zero-order chi connectivity index (χ0) is 16.9. The third-order valence-corrected chi connectivity index (χ3v) is 4.51. The van der Waals surface area contributed by atoms with Crippen molar-refractivity contribution < 1.29 is 14.3 Å². The van der Waals surface area contributed by atoms with E-state index in [1.807, 2.05) is 11.0 Å². The van der Waals surface area contributed by atoms with Crippen molar-refractivity contribution in [2.75, 3.05) is 38.2 Å². The second-order valence-electron chi connectivity index (χ2n) is 5.94. The summed E-state index contributed by atoms with van der Waals surface area (Å²) in [5, 5.41) is 2.47. The Kier molecular flexibility index (Phi) is 4.99. The summed E-state index contributed by atoms with van der Waals surface area (Å²) >= 11 is 0. The molecule has 1 amide bonds. The van der Waals surface area contributed by atoms with Crippen LogP contribution in [0.2, 0.25) is 0 Å². The molecule has 3 rings (SSSR count). The number of rotatable bonds is 4. The smallest absolute Gasteiger partial charge is 0.306 e. The molecule has 1 saturated heterocycles. The van der Waals surface area contributed by atoms with Gasteiger partial charge < -0.3 is 14.5 Å². The number of hydrogen-bond donors (Lipinski definition) is 0. The van der Waals surface area contributed by atoms with Gasteiger partial charge in [0.15, 0.2) is 0 Å². The van der Waals surface area contributed by atoms with Crippen LogP contribution in [0.5, 0.6) is 0 Å². The first-order valence-corrected chi connectivity index (χ1v) is 8.26. The topological polar surface area (TPSA) is 49.9 Å². The molecule has 0 atom stereocenters. The number of fused-ring (bicyclic) bond motifs is 1. The lowest BCUT2D eigenvalue weighted by atomic mass is 10.1. The number of piperazine rings is 1. The Hall–Kier alpha value is -2.56. The molecule has 5 nitrogen and oxygen atoms in total. The van der Waals surface area contributed by atoms with Crippen LogP contribution in [0.3, 0.4) is 0 Å². The van der Waals surface area contributed by atoms with Crippen LogP contribution in [-0.2, 0) is 14.3 Å². The Balaban J connectivity index is 1.62. The fourth-order valence-corrected chi connectivity index (χ4v) is 3.15. The molecule has 5 heteroatoms. The minimum Gasteiger partial charge on any atom is -0.469 e. The minimum absolute atomic E-state index is 0.0259. The summed E-state index contributed by atoms with van der Waals surface area (Å²) in [5.41, 5.74) is 1.22. The quantitative estimate of drug-likeness (QED) is 0.810. The number of anilines is 1. The number of ether oxygens (including phenoxy) is 1. The molecule has 0 aliphatic carbocycles. The highest BCUT2D eigenvalue weighted by molar-refractivity contribution is 5.94. The van der Waals surface area contributed by atoms with Crippen molar-refractivity contribution in [1.82, 2.24) is 4.90 Å². The maximum atomic E-state index is 12.2. The zero-order valence-corrected chi connectivity index (χ0v) is 13.9. The van der Waals surface area contributed by atoms with Crippen molar-refractivity contribution in [1.29, 1.82) is 0 Å². The predicted molar refractivity (Wildman–Crippen MR) is 94.0 cm³/mol. The molecule has 0 spiro atoms. The predicted octanol–water partition coefficient (Wildman–Crippen LogP) is 2.44. The van der Waals surface area contributed by atoms with Gasteiger partial charge >= 0.3 is 5.97 Å². The lowest BCUT2D eigenvalue weighted by Crippen LogP contribution is -2.48. The van der Waals surface area contributed by atoms with Crippen LogP contribution >= 0.6 is 0 Å².